The minimum absolute atomic E-state index is 0.0227. The van der Waals surface area contributed by atoms with Crippen molar-refractivity contribution in [2.24, 2.45) is 0 Å². The topological polar surface area (TPSA) is 73.6 Å². The molecule has 1 atom stereocenters. The van der Waals surface area contributed by atoms with Gasteiger partial charge in [0.05, 0.1) is 11.5 Å². The Morgan fingerprint density at radius 2 is 2.21 bits per heavy atom. The second kappa shape index (κ2) is 7.58. The smallest absolute Gasteiger partial charge is 0.311 e. The predicted molar refractivity (Wildman–Crippen MR) is 72.9 cm³/mol. The van der Waals surface area contributed by atoms with Crippen LogP contribution < -0.4 is 14.8 Å². The fourth-order valence-corrected chi connectivity index (χ4v) is 1.61. The molecule has 0 aliphatic rings. The number of nitro groups is 1. The Bertz CT molecular complexity index is 423. The molecule has 0 saturated heterocycles. The first-order valence-electron chi connectivity index (χ1n) is 6.31. The molecule has 1 aromatic carbocycles. The summed E-state index contributed by atoms with van der Waals surface area (Å²) in [6, 6.07) is 4.56. The predicted octanol–water partition coefficient (Wildman–Crippen LogP) is 2.37. The highest BCUT2D eigenvalue weighted by atomic mass is 16.6. The third kappa shape index (κ3) is 4.75. The van der Waals surface area contributed by atoms with E-state index < -0.39 is 4.92 Å². The van der Waals surface area contributed by atoms with Crippen molar-refractivity contribution in [1.82, 2.24) is 5.32 Å². The van der Waals surface area contributed by atoms with Crippen LogP contribution in [0.4, 0.5) is 5.69 Å². The summed E-state index contributed by atoms with van der Waals surface area (Å²) in [5.41, 5.74) is -0.0398. The van der Waals surface area contributed by atoms with Crippen LogP contribution in [0.25, 0.3) is 0 Å². The van der Waals surface area contributed by atoms with Gasteiger partial charge in [0.2, 0.25) is 5.75 Å². The minimum atomic E-state index is -0.453. The van der Waals surface area contributed by atoms with E-state index in [2.05, 4.69) is 5.32 Å². The van der Waals surface area contributed by atoms with Gasteiger partial charge >= 0.3 is 5.69 Å². The lowest BCUT2D eigenvalue weighted by molar-refractivity contribution is -0.385. The lowest BCUT2D eigenvalue weighted by atomic mass is 10.2. The van der Waals surface area contributed by atoms with Crippen molar-refractivity contribution in [1.29, 1.82) is 0 Å². The van der Waals surface area contributed by atoms with Crippen molar-refractivity contribution >= 4 is 5.69 Å². The number of hydrogen-bond acceptors (Lipinski definition) is 5. The summed E-state index contributed by atoms with van der Waals surface area (Å²) in [5, 5.41) is 13.9. The molecule has 0 heterocycles. The minimum Gasteiger partial charge on any atom is -0.489 e. The van der Waals surface area contributed by atoms with Gasteiger partial charge in [-0.2, -0.15) is 0 Å². The molecule has 0 aliphatic heterocycles. The largest absolute Gasteiger partial charge is 0.489 e. The van der Waals surface area contributed by atoms with Crippen LogP contribution in [0.1, 0.15) is 20.3 Å². The zero-order valence-electron chi connectivity index (χ0n) is 11.5. The normalized spacial score (nSPS) is 11.9. The number of ether oxygens (including phenoxy) is 2. The fourth-order valence-electron chi connectivity index (χ4n) is 1.61. The van der Waals surface area contributed by atoms with Crippen molar-refractivity contribution in [3.8, 4) is 11.5 Å². The van der Waals surface area contributed by atoms with Gasteiger partial charge in [-0.05, 0) is 26.5 Å². The zero-order valence-corrected chi connectivity index (χ0v) is 11.5. The molecule has 106 valence electrons. The molecule has 0 saturated carbocycles. The third-order valence-electron chi connectivity index (χ3n) is 2.42. The molecule has 0 amide bonds. The van der Waals surface area contributed by atoms with Gasteiger partial charge in [0.25, 0.3) is 0 Å². The molecule has 19 heavy (non-hydrogen) atoms. The summed E-state index contributed by atoms with van der Waals surface area (Å²) in [4.78, 5) is 10.4. The first-order chi connectivity index (χ1) is 9.08. The average molecular weight is 268 g/mol. The van der Waals surface area contributed by atoms with Gasteiger partial charge in [-0.1, -0.05) is 6.92 Å². The van der Waals surface area contributed by atoms with E-state index in [1.807, 2.05) is 20.9 Å². The van der Waals surface area contributed by atoms with Crippen molar-refractivity contribution in [2.45, 2.75) is 26.4 Å². The summed E-state index contributed by atoms with van der Waals surface area (Å²) in [5.74, 6) is 0.820. The van der Waals surface area contributed by atoms with E-state index in [1.165, 1.54) is 6.07 Å². The zero-order chi connectivity index (χ0) is 14.3. The van der Waals surface area contributed by atoms with Gasteiger partial charge in [-0.3, -0.25) is 10.1 Å². The summed E-state index contributed by atoms with van der Waals surface area (Å²) >= 11 is 0. The van der Waals surface area contributed by atoms with Gasteiger partial charge < -0.3 is 14.8 Å². The Hall–Kier alpha value is -1.82. The maximum atomic E-state index is 10.9. The maximum Gasteiger partial charge on any atom is 0.311 e. The first kappa shape index (κ1) is 15.2. The van der Waals surface area contributed by atoms with Crippen LogP contribution in [0.15, 0.2) is 18.2 Å². The van der Waals surface area contributed by atoms with Crippen molar-refractivity contribution in [2.75, 3.05) is 20.2 Å². The van der Waals surface area contributed by atoms with Crippen LogP contribution in [0.5, 0.6) is 11.5 Å². The monoisotopic (exact) mass is 268 g/mol. The molecule has 6 nitrogen and oxygen atoms in total. The number of hydrogen-bond donors (Lipinski definition) is 1. The summed E-state index contributed by atoms with van der Waals surface area (Å²) < 4.78 is 11.0. The van der Waals surface area contributed by atoms with E-state index in [4.69, 9.17) is 9.47 Å². The van der Waals surface area contributed by atoms with Crippen molar-refractivity contribution < 1.29 is 14.4 Å². The first-order valence-corrected chi connectivity index (χ1v) is 6.31. The van der Waals surface area contributed by atoms with Gasteiger partial charge in [-0.15, -0.1) is 0 Å². The molecule has 0 spiro atoms. The number of nitrogens with zero attached hydrogens (tertiary/aromatic N) is 1. The molecule has 0 aromatic heterocycles. The average Bonchev–Trinajstić information content (AvgIpc) is 2.36. The molecule has 0 aliphatic carbocycles. The van der Waals surface area contributed by atoms with Crippen LogP contribution in [0.2, 0.25) is 0 Å². The quantitative estimate of drug-likeness (QED) is 0.578. The van der Waals surface area contributed by atoms with Crippen LogP contribution in [0, 0.1) is 10.1 Å². The summed E-state index contributed by atoms with van der Waals surface area (Å²) in [6.07, 6.45) is 0.767. The molecule has 1 N–H and O–H groups in total. The van der Waals surface area contributed by atoms with Crippen LogP contribution >= 0.6 is 0 Å². The third-order valence-corrected chi connectivity index (χ3v) is 2.42. The van der Waals surface area contributed by atoms with Crippen molar-refractivity contribution in [3.63, 3.8) is 0 Å². The van der Waals surface area contributed by atoms with Gasteiger partial charge in [0.1, 0.15) is 11.9 Å². The van der Waals surface area contributed by atoms with Gasteiger partial charge in [0, 0.05) is 18.7 Å². The van der Waals surface area contributed by atoms with E-state index in [9.17, 15) is 10.1 Å². The number of likely N-dealkylation sites (N-methyl/N-ethyl adjacent to an activating group) is 1. The number of rotatable bonds is 8. The highest BCUT2D eigenvalue weighted by molar-refractivity contribution is 5.50. The molecule has 0 fully saturated rings. The highest BCUT2D eigenvalue weighted by Gasteiger charge is 2.16. The van der Waals surface area contributed by atoms with Crippen molar-refractivity contribution in [3.05, 3.63) is 28.3 Å². The fraction of sp³-hybridized carbons (Fsp3) is 0.538. The van der Waals surface area contributed by atoms with Gasteiger partial charge in [0.15, 0.2) is 0 Å². The molecule has 0 radical (unpaired) electrons. The lowest BCUT2D eigenvalue weighted by Crippen LogP contribution is -2.26. The van der Waals surface area contributed by atoms with E-state index in [0.717, 1.165) is 6.42 Å². The molecule has 0 bridgehead atoms. The number of nitrogens with one attached hydrogen (secondary N) is 1. The molecule has 1 unspecified atom stereocenters. The molecular weight excluding hydrogens is 248 g/mol. The standard InChI is InChI=1S/C13H20N2O4/c1-4-7-18-13-8-11(19-10(2)9-14-3)5-6-12(13)15(16)17/h5-6,8,10,14H,4,7,9H2,1-3H3. The molecular formula is C13H20N2O4. The molecule has 6 heteroatoms. The lowest BCUT2D eigenvalue weighted by Gasteiger charge is -2.15. The SMILES string of the molecule is CCCOc1cc(OC(C)CNC)ccc1[N+](=O)[O-]. The second-order valence-corrected chi connectivity index (χ2v) is 4.22. The molecule has 1 rings (SSSR count). The summed E-state index contributed by atoms with van der Waals surface area (Å²) in [7, 11) is 1.84. The Balaban J connectivity index is 2.87. The Morgan fingerprint density at radius 1 is 1.47 bits per heavy atom. The van der Waals surface area contributed by atoms with E-state index in [1.54, 1.807) is 12.1 Å². The van der Waals surface area contributed by atoms with Crippen LogP contribution in [0.3, 0.4) is 0 Å². The number of benzene rings is 1. The Kier molecular flexibility index (Phi) is 6.08. The van der Waals surface area contributed by atoms with E-state index in [-0.39, 0.29) is 17.5 Å². The maximum absolute atomic E-state index is 10.9. The van der Waals surface area contributed by atoms with E-state index >= 15 is 0 Å². The Morgan fingerprint density at radius 3 is 2.79 bits per heavy atom. The van der Waals surface area contributed by atoms with Gasteiger partial charge in [-0.25, -0.2) is 0 Å². The van der Waals surface area contributed by atoms with Crippen LogP contribution in [-0.4, -0.2) is 31.2 Å². The number of nitro benzene ring substituents is 1. The summed E-state index contributed by atoms with van der Waals surface area (Å²) in [6.45, 7) is 5.00. The van der Waals surface area contributed by atoms with Crippen LogP contribution in [-0.2, 0) is 0 Å². The molecule has 1 aromatic rings. The Labute approximate surface area is 112 Å². The second-order valence-electron chi connectivity index (χ2n) is 4.22. The highest BCUT2D eigenvalue weighted by Crippen LogP contribution is 2.31. The van der Waals surface area contributed by atoms with E-state index in [0.29, 0.717) is 18.9 Å².